The molecule has 124 valence electrons. The lowest BCUT2D eigenvalue weighted by molar-refractivity contribution is -0.138. The molecule has 0 saturated heterocycles. The Bertz CT molecular complexity index is 767. The van der Waals surface area contributed by atoms with Gasteiger partial charge in [0.2, 0.25) is 11.1 Å². The van der Waals surface area contributed by atoms with E-state index < -0.39 is 5.97 Å². The number of anilines is 1. The summed E-state index contributed by atoms with van der Waals surface area (Å²) in [5.74, 6) is 0.325. The molecule has 1 heterocycles. The second-order valence-corrected chi connectivity index (χ2v) is 5.80. The largest absolute Gasteiger partial charge is 0.462 e. The van der Waals surface area contributed by atoms with Gasteiger partial charge in [0.1, 0.15) is 6.07 Å². The number of hydrogen-bond donors (Lipinski definition) is 2. The molecule has 1 aromatic heterocycles. The van der Waals surface area contributed by atoms with Gasteiger partial charge < -0.3 is 10.1 Å². The zero-order chi connectivity index (χ0) is 17.4. The smallest absolute Gasteiger partial charge is 0.350 e. The van der Waals surface area contributed by atoms with E-state index in [9.17, 15) is 4.79 Å². The third-order valence-corrected chi connectivity index (χ3v) is 3.89. The number of hydrogen-bond acceptors (Lipinski definition) is 7. The molecule has 2 rings (SSSR count). The molecule has 9 heteroatoms. The van der Waals surface area contributed by atoms with Crippen LogP contribution in [0.4, 0.5) is 5.95 Å². The van der Waals surface area contributed by atoms with Crippen LogP contribution in [-0.4, -0.2) is 27.8 Å². The average Bonchev–Trinajstić information content (AvgIpc) is 3.03. The number of H-pyrrole nitrogens is 1. The molecule has 0 unspecified atom stereocenters. The zero-order valence-corrected chi connectivity index (χ0v) is 14.3. The molecule has 2 aromatic rings. The number of nitrogens with zero attached hydrogens (tertiary/aromatic N) is 3. The Kier molecular flexibility index (Phi) is 6.66. The third kappa shape index (κ3) is 5.30. The minimum absolute atomic E-state index is 0.149. The molecule has 0 saturated carbocycles. The Labute approximate surface area is 148 Å². The zero-order valence-electron chi connectivity index (χ0n) is 12.7. The number of rotatable bonds is 7. The van der Waals surface area contributed by atoms with E-state index in [1.807, 2.05) is 24.3 Å². The first-order chi connectivity index (χ1) is 11.6. The summed E-state index contributed by atoms with van der Waals surface area (Å²) >= 11 is 7.28. The van der Waals surface area contributed by atoms with Gasteiger partial charge in [-0.3, -0.25) is 0 Å². The fraction of sp³-hybridized carbons (Fsp3) is 0.200. The molecule has 0 atom stereocenters. The van der Waals surface area contributed by atoms with Crippen LogP contribution >= 0.6 is 23.4 Å². The predicted molar refractivity (Wildman–Crippen MR) is 91.3 cm³/mol. The second kappa shape index (κ2) is 8.96. The summed E-state index contributed by atoms with van der Waals surface area (Å²) in [5, 5.41) is 19.6. The molecule has 24 heavy (non-hydrogen) atoms. The molecule has 1 aromatic carbocycles. The number of thioether (sulfide) groups is 1. The summed E-state index contributed by atoms with van der Waals surface area (Å²) in [5.41, 5.74) is 0.946. The minimum atomic E-state index is -0.690. The van der Waals surface area contributed by atoms with Gasteiger partial charge in [0, 0.05) is 17.0 Å². The molecule has 0 radical (unpaired) electrons. The van der Waals surface area contributed by atoms with Crippen LogP contribution in [0.3, 0.4) is 0 Å². The quantitative estimate of drug-likeness (QED) is 0.337. The maximum absolute atomic E-state index is 11.5. The second-order valence-electron chi connectivity index (χ2n) is 4.42. The molecule has 0 aliphatic heterocycles. The van der Waals surface area contributed by atoms with Crippen molar-refractivity contribution in [3.8, 4) is 6.07 Å². The minimum Gasteiger partial charge on any atom is -0.462 e. The van der Waals surface area contributed by atoms with Crippen molar-refractivity contribution in [3.05, 3.63) is 46.6 Å². The van der Waals surface area contributed by atoms with Crippen LogP contribution in [-0.2, 0) is 15.3 Å². The van der Waals surface area contributed by atoms with E-state index in [4.69, 9.17) is 21.6 Å². The lowest BCUT2D eigenvalue weighted by atomic mass is 10.2. The fourth-order valence-corrected chi connectivity index (χ4v) is 2.47. The summed E-state index contributed by atoms with van der Waals surface area (Å²) in [4.78, 5) is 15.7. The van der Waals surface area contributed by atoms with Crippen molar-refractivity contribution in [2.24, 2.45) is 0 Å². The van der Waals surface area contributed by atoms with Crippen molar-refractivity contribution < 1.29 is 9.53 Å². The van der Waals surface area contributed by atoms with E-state index in [1.54, 1.807) is 13.0 Å². The molecule has 2 N–H and O–H groups in total. The number of esters is 1. The first kappa shape index (κ1) is 17.8. The van der Waals surface area contributed by atoms with E-state index >= 15 is 0 Å². The highest BCUT2D eigenvalue weighted by Gasteiger charge is 2.10. The lowest BCUT2D eigenvalue weighted by Gasteiger charge is -1.99. The van der Waals surface area contributed by atoms with Gasteiger partial charge >= 0.3 is 5.97 Å². The standard InChI is InChI=1S/C15H14ClN5O2S/c1-2-23-13(22)11(7-17)8-18-14-19-15(21-20-14)24-9-10-3-5-12(16)6-4-10/h3-6,8H,2,9H2,1H3,(H2,18,19,20,21)/b11-8+. The number of carbonyl (C=O) groups excluding carboxylic acids is 1. The van der Waals surface area contributed by atoms with Gasteiger partial charge in [-0.05, 0) is 24.6 Å². The summed E-state index contributed by atoms with van der Waals surface area (Å²) < 4.78 is 4.76. The van der Waals surface area contributed by atoms with Crippen LogP contribution in [0.5, 0.6) is 0 Å². The van der Waals surface area contributed by atoms with Crippen LogP contribution in [0.1, 0.15) is 12.5 Å². The van der Waals surface area contributed by atoms with Gasteiger partial charge in [-0.25, -0.2) is 9.89 Å². The molecular formula is C15H14ClN5O2S. The third-order valence-electron chi connectivity index (χ3n) is 2.72. The number of carbonyl (C=O) groups is 1. The van der Waals surface area contributed by atoms with Gasteiger partial charge in [0.15, 0.2) is 5.57 Å². The number of benzene rings is 1. The van der Waals surface area contributed by atoms with Crippen LogP contribution in [0.15, 0.2) is 41.2 Å². The van der Waals surface area contributed by atoms with Crippen molar-refractivity contribution in [1.82, 2.24) is 15.2 Å². The van der Waals surface area contributed by atoms with Gasteiger partial charge in [-0.15, -0.1) is 5.10 Å². The Morgan fingerprint density at radius 2 is 2.25 bits per heavy atom. The van der Waals surface area contributed by atoms with E-state index in [0.29, 0.717) is 21.9 Å². The van der Waals surface area contributed by atoms with Gasteiger partial charge in [-0.2, -0.15) is 10.2 Å². The Morgan fingerprint density at radius 3 is 2.92 bits per heavy atom. The van der Waals surface area contributed by atoms with Crippen molar-refractivity contribution in [1.29, 1.82) is 5.26 Å². The molecule has 7 nitrogen and oxygen atoms in total. The van der Waals surface area contributed by atoms with E-state index in [-0.39, 0.29) is 12.2 Å². The van der Waals surface area contributed by atoms with E-state index in [2.05, 4.69) is 20.5 Å². The van der Waals surface area contributed by atoms with Crippen molar-refractivity contribution >= 4 is 35.3 Å². The number of nitrogens with one attached hydrogen (secondary N) is 2. The summed E-state index contributed by atoms with van der Waals surface area (Å²) in [6.45, 7) is 1.87. The Balaban J connectivity index is 1.91. The molecule has 0 amide bonds. The summed E-state index contributed by atoms with van der Waals surface area (Å²) in [6, 6.07) is 9.28. The molecule has 0 bridgehead atoms. The van der Waals surface area contributed by atoms with Crippen molar-refractivity contribution in [3.63, 3.8) is 0 Å². The maximum Gasteiger partial charge on any atom is 0.350 e. The van der Waals surface area contributed by atoms with E-state index in [1.165, 1.54) is 18.0 Å². The lowest BCUT2D eigenvalue weighted by Crippen LogP contribution is -2.08. The van der Waals surface area contributed by atoms with Crippen LogP contribution in [0.2, 0.25) is 5.02 Å². The number of nitriles is 1. The SMILES string of the molecule is CCOC(=O)/C(C#N)=C/Nc1nc(SCc2ccc(Cl)cc2)n[nH]1. The first-order valence-corrected chi connectivity index (χ1v) is 8.32. The fourth-order valence-electron chi connectivity index (χ4n) is 1.59. The Hall–Kier alpha value is -2.50. The number of aromatic amines is 1. The molecule has 0 fully saturated rings. The number of aromatic nitrogens is 3. The van der Waals surface area contributed by atoms with Crippen molar-refractivity contribution in [2.75, 3.05) is 11.9 Å². The van der Waals surface area contributed by atoms with Gasteiger partial charge in [0.25, 0.3) is 0 Å². The average molecular weight is 364 g/mol. The number of halogens is 1. The summed E-state index contributed by atoms with van der Waals surface area (Å²) in [6.07, 6.45) is 1.23. The predicted octanol–water partition coefficient (Wildman–Crippen LogP) is 3.13. The Morgan fingerprint density at radius 1 is 1.50 bits per heavy atom. The normalized spacial score (nSPS) is 11.0. The van der Waals surface area contributed by atoms with E-state index in [0.717, 1.165) is 5.56 Å². The molecule has 0 aliphatic carbocycles. The van der Waals surface area contributed by atoms with Gasteiger partial charge in [0.05, 0.1) is 6.61 Å². The van der Waals surface area contributed by atoms with Crippen LogP contribution in [0.25, 0.3) is 0 Å². The van der Waals surface area contributed by atoms with Gasteiger partial charge in [-0.1, -0.05) is 35.5 Å². The summed E-state index contributed by atoms with van der Waals surface area (Å²) in [7, 11) is 0. The topological polar surface area (TPSA) is 104 Å². The van der Waals surface area contributed by atoms with Crippen LogP contribution < -0.4 is 5.32 Å². The molecule has 0 spiro atoms. The monoisotopic (exact) mass is 363 g/mol. The van der Waals surface area contributed by atoms with Crippen LogP contribution in [0, 0.1) is 11.3 Å². The number of ether oxygens (including phenoxy) is 1. The molecule has 0 aliphatic rings. The maximum atomic E-state index is 11.5. The highest BCUT2D eigenvalue weighted by Crippen LogP contribution is 2.21. The highest BCUT2D eigenvalue weighted by molar-refractivity contribution is 7.98. The molecular weight excluding hydrogens is 350 g/mol. The van der Waals surface area contributed by atoms with Crippen molar-refractivity contribution in [2.45, 2.75) is 17.8 Å². The highest BCUT2D eigenvalue weighted by atomic mass is 35.5. The first-order valence-electron chi connectivity index (χ1n) is 6.96.